The molecule has 0 aliphatic rings. The van der Waals surface area contributed by atoms with E-state index in [0.717, 1.165) is 29.9 Å². The third-order valence-electron chi connectivity index (χ3n) is 3.15. The predicted molar refractivity (Wildman–Crippen MR) is 86.5 cm³/mol. The third kappa shape index (κ3) is 6.51. The van der Waals surface area contributed by atoms with Crippen LogP contribution >= 0.6 is 15.9 Å². The minimum absolute atomic E-state index is 0.708. The Bertz CT molecular complexity index is 369. The minimum atomic E-state index is 0.708. The Labute approximate surface area is 130 Å². The fourth-order valence-electron chi connectivity index (χ4n) is 2.00. The van der Waals surface area contributed by atoms with Gasteiger partial charge in [0.15, 0.2) is 11.5 Å². The number of methoxy groups -OCH3 is 2. The van der Waals surface area contributed by atoms with Gasteiger partial charge in [0.2, 0.25) is 0 Å². The molecule has 1 aromatic carbocycles. The topological polar surface area (TPSA) is 27.7 Å². The predicted octanol–water partition coefficient (Wildman–Crippen LogP) is 4.82. The van der Waals surface area contributed by atoms with Crippen molar-refractivity contribution in [2.75, 3.05) is 26.2 Å². The average molecular weight is 345 g/mol. The first kappa shape index (κ1) is 17.2. The molecule has 20 heavy (non-hydrogen) atoms. The summed E-state index contributed by atoms with van der Waals surface area (Å²) >= 11 is 3.45. The molecule has 1 rings (SSSR count). The van der Waals surface area contributed by atoms with Gasteiger partial charge in [-0.1, -0.05) is 41.6 Å². The fourth-order valence-corrected chi connectivity index (χ4v) is 2.40. The van der Waals surface area contributed by atoms with Gasteiger partial charge in [-0.25, -0.2) is 0 Å². The van der Waals surface area contributed by atoms with Crippen LogP contribution in [0.25, 0.3) is 0 Å². The van der Waals surface area contributed by atoms with Gasteiger partial charge in [0.25, 0.3) is 0 Å². The van der Waals surface area contributed by atoms with Crippen LogP contribution in [0, 0.1) is 0 Å². The molecule has 0 unspecified atom stereocenters. The number of alkyl halides is 1. The molecule has 3 nitrogen and oxygen atoms in total. The highest BCUT2D eigenvalue weighted by molar-refractivity contribution is 9.09. The molecule has 1 aromatic rings. The van der Waals surface area contributed by atoms with E-state index in [1.54, 1.807) is 14.2 Å². The molecule has 0 saturated carbocycles. The van der Waals surface area contributed by atoms with Gasteiger partial charge >= 0.3 is 0 Å². The second-order valence-electron chi connectivity index (χ2n) is 4.68. The van der Waals surface area contributed by atoms with Crippen LogP contribution in [0.4, 0.5) is 0 Å². The fraction of sp³-hybridized carbons (Fsp3) is 0.625. The molecule has 0 heterocycles. The van der Waals surface area contributed by atoms with Crippen LogP contribution < -0.4 is 14.2 Å². The summed E-state index contributed by atoms with van der Waals surface area (Å²) in [5, 5.41) is 1.12. The van der Waals surface area contributed by atoms with Crippen molar-refractivity contribution < 1.29 is 14.2 Å². The van der Waals surface area contributed by atoms with Crippen LogP contribution in [0.5, 0.6) is 17.2 Å². The molecule has 0 radical (unpaired) electrons. The lowest BCUT2D eigenvalue weighted by molar-refractivity contribution is 0.299. The van der Waals surface area contributed by atoms with Crippen LogP contribution in [0.15, 0.2) is 18.2 Å². The Kier molecular flexibility index (Phi) is 9.29. The van der Waals surface area contributed by atoms with E-state index in [1.165, 1.54) is 32.1 Å². The maximum absolute atomic E-state index is 5.73. The number of halogens is 1. The second-order valence-corrected chi connectivity index (χ2v) is 5.47. The molecule has 0 fully saturated rings. The van der Waals surface area contributed by atoms with Crippen molar-refractivity contribution in [2.45, 2.75) is 38.5 Å². The van der Waals surface area contributed by atoms with Crippen LogP contribution in [0.2, 0.25) is 0 Å². The maximum Gasteiger partial charge on any atom is 0.164 e. The summed E-state index contributed by atoms with van der Waals surface area (Å²) in [5.74, 6) is 2.27. The van der Waals surface area contributed by atoms with E-state index in [-0.39, 0.29) is 0 Å². The molecule has 0 spiro atoms. The number of ether oxygens (including phenoxy) is 3. The van der Waals surface area contributed by atoms with E-state index < -0.39 is 0 Å². The molecule has 0 aliphatic carbocycles. The molecular weight excluding hydrogens is 320 g/mol. The minimum Gasteiger partial charge on any atom is -0.493 e. The number of benzene rings is 1. The molecule has 0 atom stereocenters. The van der Waals surface area contributed by atoms with E-state index in [9.17, 15) is 0 Å². The van der Waals surface area contributed by atoms with Crippen molar-refractivity contribution in [3.63, 3.8) is 0 Å². The normalized spacial score (nSPS) is 10.3. The molecule has 0 N–H and O–H groups in total. The first-order chi connectivity index (χ1) is 9.81. The third-order valence-corrected chi connectivity index (χ3v) is 3.71. The highest BCUT2D eigenvalue weighted by Gasteiger charge is 2.04. The van der Waals surface area contributed by atoms with Crippen molar-refractivity contribution in [3.8, 4) is 17.2 Å². The van der Waals surface area contributed by atoms with Crippen LogP contribution in [0.3, 0.4) is 0 Å². The van der Waals surface area contributed by atoms with Gasteiger partial charge in [-0.15, -0.1) is 0 Å². The van der Waals surface area contributed by atoms with Gasteiger partial charge in [-0.05, 0) is 25.0 Å². The molecule has 4 heteroatoms. The molecule has 114 valence electrons. The van der Waals surface area contributed by atoms with Crippen LogP contribution in [0.1, 0.15) is 38.5 Å². The quantitative estimate of drug-likeness (QED) is 0.425. The Morgan fingerprint density at radius 1 is 0.850 bits per heavy atom. The van der Waals surface area contributed by atoms with E-state index >= 15 is 0 Å². The largest absolute Gasteiger partial charge is 0.493 e. The molecule has 0 aliphatic heterocycles. The smallest absolute Gasteiger partial charge is 0.164 e. The van der Waals surface area contributed by atoms with Crippen molar-refractivity contribution in [1.82, 2.24) is 0 Å². The number of rotatable bonds is 11. The highest BCUT2D eigenvalue weighted by atomic mass is 79.9. The maximum atomic E-state index is 5.73. The lowest BCUT2D eigenvalue weighted by atomic mass is 10.1. The first-order valence-electron chi connectivity index (χ1n) is 7.22. The van der Waals surface area contributed by atoms with Gasteiger partial charge in [0.05, 0.1) is 20.8 Å². The summed E-state index contributed by atoms with van der Waals surface area (Å²) in [6.45, 7) is 0.758. The zero-order valence-electron chi connectivity index (χ0n) is 12.5. The Hall–Kier alpha value is -0.900. The van der Waals surface area contributed by atoms with E-state index in [2.05, 4.69) is 15.9 Å². The SMILES string of the molecule is COc1ccc(OCCCCCCCCBr)cc1OC. The monoisotopic (exact) mass is 344 g/mol. The second kappa shape index (κ2) is 10.8. The Balaban J connectivity index is 2.18. The van der Waals surface area contributed by atoms with Crippen molar-refractivity contribution in [2.24, 2.45) is 0 Å². The molecule has 0 aromatic heterocycles. The number of hydrogen-bond acceptors (Lipinski definition) is 3. The average Bonchev–Trinajstić information content (AvgIpc) is 2.49. The van der Waals surface area contributed by atoms with Crippen molar-refractivity contribution in [3.05, 3.63) is 18.2 Å². The zero-order chi connectivity index (χ0) is 14.6. The lowest BCUT2D eigenvalue weighted by Gasteiger charge is -2.10. The summed E-state index contributed by atoms with van der Waals surface area (Å²) in [6, 6.07) is 5.65. The standard InChI is InChI=1S/C16H25BrO3/c1-18-15-10-9-14(13-16(15)19-2)20-12-8-6-4-3-5-7-11-17/h9-10,13H,3-8,11-12H2,1-2H3. The summed E-state index contributed by atoms with van der Waals surface area (Å²) in [6.07, 6.45) is 7.55. The zero-order valence-corrected chi connectivity index (χ0v) is 14.1. The van der Waals surface area contributed by atoms with Crippen molar-refractivity contribution >= 4 is 15.9 Å². The van der Waals surface area contributed by atoms with Crippen LogP contribution in [-0.4, -0.2) is 26.2 Å². The summed E-state index contributed by atoms with van der Waals surface area (Å²) in [7, 11) is 3.27. The van der Waals surface area contributed by atoms with Gasteiger partial charge in [0.1, 0.15) is 5.75 Å². The number of unbranched alkanes of at least 4 members (excludes halogenated alkanes) is 5. The van der Waals surface area contributed by atoms with Gasteiger partial charge in [-0.2, -0.15) is 0 Å². The summed E-state index contributed by atoms with van der Waals surface area (Å²) < 4.78 is 16.2. The van der Waals surface area contributed by atoms with Gasteiger partial charge in [-0.3, -0.25) is 0 Å². The summed E-state index contributed by atoms with van der Waals surface area (Å²) in [5.41, 5.74) is 0. The lowest BCUT2D eigenvalue weighted by Crippen LogP contribution is -1.98. The summed E-state index contributed by atoms with van der Waals surface area (Å²) in [4.78, 5) is 0. The van der Waals surface area contributed by atoms with E-state index in [4.69, 9.17) is 14.2 Å². The van der Waals surface area contributed by atoms with E-state index in [0.29, 0.717) is 5.75 Å². The van der Waals surface area contributed by atoms with E-state index in [1.807, 2.05) is 18.2 Å². The first-order valence-corrected chi connectivity index (χ1v) is 8.34. The Morgan fingerprint density at radius 2 is 1.50 bits per heavy atom. The molecular formula is C16H25BrO3. The molecule has 0 bridgehead atoms. The molecule has 0 saturated heterocycles. The van der Waals surface area contributed by atoms with Crippen LogP contribution in [-0.2, 0) is 0 Å². The van der Waals surface area contributed by atoms with Gasteiger partial charge in [0, 0.05) is 11.4 Å². The van der Waals surface area contributed by atoms with Gasteiger partial charge < -0.3 is 14.2 Å². The molecule has 0 amide bonds. The van der Waals surface area contributed by atoms with Crippen molar-refractivity contribution in [1.29, 1.82) is 0 Å². The number of hydrogen-bond donors (Lipinski definition) is 0. The highest BCUT2D eigenvalue weighted by Crippen LogP contribution is 2.30. The Morgan fingerprint density at radius 3 is 2.15 bits per heavy atom.